The third-order valence-electron chi connectivity index (χ3n) is 4.88. The van der Waals surface area contributed by atoms with Crippen molar-refractivity contribution in [2.75, 3.05) is 12.4 Å². The van der Waals surface area contributed by atoms with E-state index in [1.807, 2.05) is 30.3 Å². The molecule has 0 saturated carbocycles. The highest BCUT2D eigenvalue weighted by molar-refractivity contribution is 6.08. The van der Waals surface area contributed by atoms with Crippen LogP contribution in [-0.4, -0.2) is 24.9 Å². The van der Waals surface area contributed by atoms with Crippen LogP contribution in [0.4, 0.5) is 5.69 Å². The second-order valence-corrected chi connectivity index (χ2v) is 6.98. The lowest BCUT2D eigenvalue weighted by molar-refractivity contribution is -0.122. The zero-order valence-corrected chi connectivity index (χ0v) is 16.9. The fraction of sp³-hybridized carbons (Fsp3) is 0.167. The molecule has 1 atom stereocenters. The molecule has 1 heterocycles. The molecule has 0 spiro atoms. The lowest BCUT2D eigenvalue weighted by atomic mass is 10.1. The summed E-state index contributed by atoms with van der Waals surface area (Å²) in [6.45, 7) is 3.12. The number of benzene rings is 3. The highest BCUT2D eigenvalue weighted by atomic mass is 16.5. The summed E-state index contributed by atoms with van der Waals surface area (Å²) in [5, 5.41) is 4.73. The van der Waals surface area contributed by atoms with E-state index < -0.39 is 6.10 Å². The topological polar surface area (TPSA) is 77.8 Å². The van der Waals surface area contributed by atoms with E-state index >= 15 is 0 Å². The van der Waals surface area contributed by atoms with Crippen LogP contribution in [0.1, 0.15) is 24.2 Å². The number of ketones is 1. The van der Waals surface area contributed by atoms with Crippen LogP contribution in [0.15, 0.2) is 65.1 Å². The molecular formula is C24H21NO5. The molecule has 0 aliphatic heterocycles. The molecule has 3 aromatic carbocycles. The van der Waals surface area contributed by atoms with Gasteiger partial charge in [-0.05, 0) is 38.1 Å². The Balaban J connectivity index is 1.58. The van der Waals surface area contributed by atoms with E-state index in [2.05, 4.69) is 5.32 Å². The fourth-order valence-electron chi connectivity index (χ4n) is 3.30. The number of ether oxygens (including phenoxy) is 2. The first-order chi connectivity index (χ1) is 14.5. The van der Waals surface area contributed by atoms with Crippen molar-refractivity contribution in [2.45, 2.75) is 20.0 Å². The van der Waals surface area contributed by atoms with Crippen LogP contribution >= 0.6 is 0 Å². The smallest absolute Gasteiger partial charge is 0.265 e. The minimum atomic E-state index is -0.789. The summed E-state index contributed by atoms with van der Waals surface area (Å²) in [4.78, 5) is 24.3. The number of anilines is 1. The molecule has 4 aromatic rings. The summed E-state index contributed by atoms with van der Waals surface area (Å²) in [5.74, 6) is 0.552. The number of amides is 1. The van der Waals surface area contributed by atoms with Crippen molar-refractivity contribution >= 4 is 39.3 Å². The molecule has 0 aliphatic rings. The first kappa shape index (κ1) is 19.5. The van der Waals surface area contributed by atoms with Crippen molar-refractivity contribution in [2.24, 2.45) is 0 Å². The average molecular weight is 403 g/mol. The maximum Gasteiger partial charge on any atom is 0.265 e. The van der Waals surface area contributed by atoms with Gasteiger partial charge >= 0.3 is 0 Å². The Kier molecular flexibility index (Phi) is 5.14. The number of furan rings is 1. The van der Waals surface area contributed by atoms with Gasteiger partial charge in [-0.25, -0.2) is 0 Å². The van der Waals surface area contributed by atoms with E-state index in [-0.39, 0.29) is 11.7 Å². The van der Waals surface area contributed by atoms with Gasteiger partial charge in [0, 0.05) is 22.4 Å². The lowest BCUT2D eigenvalue weighted by Gasteiger charge is -2.16. The molecule has 0 fully saturated rings. The largest absolute Gasteiger partial charge is 0.495 e. The molecule has 0 saturated heterocycles. The number of fused-ring (bicyclic) bond motifs is 3. The Morgan fingerprint density at radius 1 is 0.967 bits per heavy atom. The quantitative estimate of drug-likeness (QED) is 0.448. The maximum atomic E-state index is 12.7. The lowest BCUT2D eigenvalue weighted by Crippen LogP contribution is -2.30. The van der Waals surface area contributed by atoms with Gasteiger partial charge in [0.05, 0.1) is 12.8 Å². The Hall–Kier alpha value is -3.80. The Morgan fingerprint density at radius 2 is 1.77 bits per heavy atom. The van der Waals surface area contributed by atoms with Crippen LogP contribution in [0, 0.1) is 0 Å². The number of rotatable bonds is 6. The molecule has 1 aromatic heterocycles. The highest BCUT2D eigenvalue weighted by Crippen LogP contribution is 2.36. The molecule has 6 heteroatoms. The number of carbonyl (C=O) groups is 2. The molecule has 0 aliphatic carbocycles. The molecule has 6 nitrogen and oxygen atoms in total. The van der Waals surface area contributed by atoms with Crippen molar-refractivity contribution in [1.82, 2.24) is 0 Å². The number of hydrogen-bond donors (Lipinski definition) is 1. The van der Waals surface area contributed by atoms with Crippen LogP contribution in [0.3, 0.4) is 0 Å². The van der Waals surface area contributed by atoms with E-state index in [4.69, 9.17) is 13.9 Å². The number of carbonyl (C=O) groups excluding carboxylic acids is 2. The minimum absolute atomic E-state index is 0.0681. The Labute approximate surface area is 173 Å². The number of methoxy groups -OCH3 is 1. The zero-order chi connectivity index (χ0) is 21.3. The fourth-order valence-corrected chi connectivity index (χ4v) is 3.30. The van der Waals surface area contributed by atoms with Gasteiger partial charge in [0.15, 0.2) is 11.9 Å². The van der Waals surface area contributed by atoms with Crippen molar-refractivity contribution in [3.63, 3.8) is 0 Å². The van der Waals surface area contributed by atoms with E-state index in [0.717, 1.165) is 16.4 Å². The molecule has 0 radical (unpaired) electrons. The summed E-state index contributed by atoms with van der Waals surface area (Å²) in [7, 11) is 1.55. The molecular weight excluding hydrogens is 382 g/mol. The first-order valence-electron chi connectivity index (χ1n) is 9.54. The Bertz CT molecular complexity index is 1260. The third-order valence-corrected chi connectivity index (χ3v) is 4.88. The first-order valence-corrected chi connectivity index (χ1v) is 9.54. The van der Waals surface area contributed by atoms with Gasteiger partial charge in [-0.1, -0.05) is 30.3 Å². The van der Waals surface area contributed by atoms with Crippen molar-refractivity contribution in [3.8, 4) is 11.5 Å². The summed E-state index contributed by atoms with van der Waals surface area (Å²) in [6.07, 6.45) is -0.789. The van der Waals surface area contributed by atoms with Gasteiger partial charge in [-0.2, -0.15) is 0 Å². The summed E-state index contributed by atoms with van der Waals surface area (Å²) in [6, 6.07) is 18.1. The van der Waals surface area contributed by atoms with Crippen LogP contribution in [0.5, 0.6) is 11.5 Å². The molecule has 0 bridgehead atoms. The summed E-state index contributed by atoms with van der Waals surface area (Å²) in [5.41, 5.74) is 2.43. The minimum Gasteiger partial charge on any atom is -0.495 e. The van der Waals surface area contributed by atoms with E-state index in [1.165, 1.54) is 6.92 Å². The van der Waals surface area contributed by atoms with Crippen LogP contribution < -0.4 is 14.8 Å². The number of Topliss-reactive ketones (excluding diaryl/α,β-unsaturated/α-hetero) is 1. The van der Waals surface area contributed by atoms with Crippen LogP contribution in [-0.2, 0) is 4.79 Å². The monoisotopic (exact) mass is 403 g/mol. The molecule has 4 rings (SSSR count). The van der Waals surface area contributed by atoms with Gasteiger partial charge in [-0.3, -0.25) is 9.59 Å². The second-order valence-electron chi connectivity index (χ2n) is 6.98. The normalized spacial score (nSPS) is 12.0. The van der Waals surface area contributed by atoms with Gasteiger partial charge in [0.2, 0.25) is 0 Å². The van der Waals surface area contributed by atoms with Crippen molar-refractivity contribution in [3.05, 3.63) is 66.2 Å². The number of nitrogens with one attached hydrogen (secondary N) is 1. The maximum absolute atomic E-state index is 12.7. The SMILES string of the molecule is COc1cc2c(cc1NC(=O)[C@@H](C)Oc1cccc(C(C)=O)c1)oc1ccccc12. The van der Waals surface area contributed by atoms with Crippen LogP contribution in [0.25, 0.3) is 21.9 Å². The molecule has 152 valence electrons. The van der Waals surface area contributed by atoms with E-state index in [9.17, 15) is 9.59 Å². The molecule has 1 amide bonds. The summed E-state index contributed by atoms with van der Waals surface area (Å²) < 4.78 is 17.1. The third kappa shape index (κ3) is 3.72. The van der Waals surface area contributed by atoms with E-state index in [0.29, 0.717) is 28.3 Å². The number of hydrogen-bond acceptors (Lipinski definition) is 5. The predicted molar refractivity (Wildman–Crippen MR) is 115 cm³/mol. The van der Waals surface area contributed by atoms with Gasteiger partial charge < -0.3 is 19.2 Å². The van der Waals surface area contributed by atoms with Crippen molar-refractivity contribution < 1.29 is 23.5 Å². The van der Waals surface area contributed by atoms with Gasteiger partial charge in [0.1, 0.15) is 22.7 Å². The van der Waals surface area contributed by atoms with E-state index in [1.54, 1.807) is 44.4 Å². The van der Waals surface area contributed by atoms with Crippen LogP contribution in [0.2, 0.25) is 0 Å². The van der Waals surface area contributed by atoms with Gasteiger partial charge in [0.25, 0.3) is 5.91 Å². The zero-order valence-electron chi connectivity index (χ0n) is 16.9. The highest BCUT2D eigenvalue weighted by Gasteiger charge is 2.19. The Morgan fingerprint density at radius 3 is 2.53 bits per heavy atom. The summed E-state index contributed by atoms with van der Waals surface area (Å²) >= 11 is 0. The molecule has 30 heavy (non-hydrogen) atoms. The van der Waals surface area contributed by atoms with Crippen molar-refractivity contribution in [1.29, 1.82) is 0 Å². The average Bonchev–Trinajstić information content (AvgIpc) is 3.10. The number of para-hydroxylation sites is 1. The predicted octanol–water partition coefficient (Wildman–Crippen LogP) is 5.20. The van der Waals surface area contributed by atoms with Gasteiger partial charge in [-0.15, -0.1) is 0 Å². The second kappa shape index (κ2) is 7.91. The standard InChI is InChI=1S/C24H21NO5/c1-14(26)16-7-6-8-17(11-16)29-15(2)24(27)25-20-13-22-19(12-23(20)28-3)18-9-4-5-10-21(18)30-22/h4-13,15H,1-3H3,(H,25,27)/t15-/m1/s1. The molecule has 0 unspecified atom stereocenters. The molecule has 1 N–H and O–H groups in total.